The van der Waals surface area contributed by atoms with E-state index in [1.54, 1.807) is 21.8 Å². The molecule has 21 heavy (non-hydrogen) atoms. The number of primary amides is 1. The molecule has 0 radical (unpaired) electrons. The van der Waals surface area contributed by atoms with Crippen molar-refractivity contribution in [3.05, 3.63) is 29.8 Å². The molecule has 8 heteroatoms. The van der Waals surface area contributed by atoms with Gasteiger partial charge in [0.2, 0.25) is 5.91 Å². The van der Waals surface area contributed by atoms with Gasteiger partial charge in [-0.15, -0.1) is 0 Å². The summed E-state index contributed by atoms with van der Waals surface area (Å²) in [5, 5.41) is 10.8. The first-order valence-corrected chi connectivity index (χ1v) is 6.66. The van der Waals surface area contributed by atoms with Gasteiger partial charge < -0.3 is 11.1 Å². The third-order valence-electron chi connectivity index (χ3n) is 3.07. The zero-order chi connectivity index (χ0) is 15.4. The smallest absolute Gasteiger partial charge is 0.271 e. The fourth-order valence-electron chi connectivity index (χ4n) is 1.91. The van der Waals surface area contributed by atoms with Crippen LogP contribution in [0.3, 0.4) is 0 Å². The summed E-state index contributed by atoms with van der Waals surface area (Å²) in [6, 6.07) is 1.87. The van der Waals surface area contributed by atoms with Crippen LogP contribution in [0.1, 0.15) is 29.5 Å². The molecule has 2 aromatic rings. The van der Waals surface area contributed by atoms with Gasteiger partial charge in [-0.05, 0) is 19.9 Å². The molecule has 0 aromatic carbocycles. The molecule has 0 spiro atoms. The number of carbonyl (C=O) groups excluding carboxylic acids is 2. The lowest BCUT2D eigenvalue weighted by molar-refractivity contribution is -0.116. The summed E-state index contributed by atoms with van der Waals surface area (Å²) in [5.74, 6) is -0.886. The third-order valence-corrected chi connectivity index (χ3v) is 3.07. The second kappa shape index (κ2) is 6.21. The first-order chi connectivity index (χ1) is 10.0. The quantitative estimate of drug-likeness (QED) is 0.809. The van der Waals surface area contributed by atoms with E-state index in [1.807, 2.05) is 19.9 Å². The number of rotatable bonds is 6. The van der Waals surface area contributed by atoms with E-state index in [1.165, 1.54) is 0 Å². The zero-order valence-corrected chi connectivity index (χ0v) is 12.0. The number of nitrogens with two attached hydrogens (primary N) is 1. The topological polar surface area (TPSA) is 108 Å². The monoisotopic (exact) mass is 290 g/mol. The third kappa shape index (κ3) is 3.47. The Hall–Kier alpha value is -2.64. The van der Waals surface area contributed by atoms with Gasteiger partial charge in [-0.1, -0.05) is 0 Å². The number of carbonyl (C=O) groups is 2. The van der Waals surface area contributed by atoms with Gasteiger partial charge in [-0.2, -0.15) is 10.2 Å². The summed E-state index contributed by atoms with van der Waals surface area (Å²) >= 11 is 0. The van der Waals surface area contributed by atoms with E-state index in [2.05, 4.69) is 15.5 Å². The first-order valence-electron chi connectivity index (χ1n) is 6.66. The number of nitrogens with one attached hydrogen (secondary N) is 1. The van der Waals surface area contributed by atoms with Crippen molar-refractivity contribution in [2.45, 2.75) is 33.4 Å². The summed E-state index contributed by atoms with van der Waals surface area (Å²) in [7, 11) is 0. The highest BCUT2D eigenvalue weighted by Crippen LogP contribution is 2.13. The number of amides is 2. The predicted octanol–water partition coefficient (Wildman–Crippen LogP) is 0.536. The van der Waals surface area contributed by atoms with Crippen molar-refractivity contribution >= 4 is 17.5 Å². The fourth-order valence-corrected chi connectivity index (χ4v) is 1.91. The van der Waals surface area contributed by atoms with E-state index >= 15 is 0 Å². The Morgan fingerprint density at radius 1 is 1.43 bits per heavy atom. The molecule has 3 N–H and O–H groups in total. The number of hydrogen-bond acceptors (Lipinski definition) is 4. The molecule has 0 saturated carbocycles. The maximum atomic E-state index is 11.9. The van der Waals surface area contributed by atoms with E-state index in [0.29, 0.717) is 18.8 Å². The highest BCUT2D eigenvalue weighted by molar-refractivity contribution is 6.01. The Morgan fingerprint density at radius 3 is 2.76 bits per heavy atom. The van der Waals surface area contributed by atoms with Crippen LogP contribution in [0, 0.1) is 6.92 Å². The number of anilines is 1. The largest absolute Gasteiger partial charge is 0.364 e. The van der Waals surface area contributed by atoms with Crippen molar-refractivity contribution in [1.29, 1.82) is 0 Å². The van der Waals surface area contributed by atoms with Gasteiger partial charge in [0.05, 0.1) is 5.69 Å². The van der Waals surface area contributed by atoms with Gasteiger partial charge in [0, 0.05) is 37.6 Å². The standard InChI is InChI=1S/C13H18N6O2/c1-3-18-8-10(12(17-18)13(14)21)16-11(20)5-7-19-9(2)4-6-15-19/h4,6,8H,3,5,7H2,1-2H3,(H2,14,21)(H,16,20). The highest BCUT2D eigenvalue weighted by atomic mass is 16.2. The summed E-state index contributed by atoms with van der Waals surface area (Å²) < 4.78 is 3.29. The van der Waals surface area contributed by atoms with Crippen LogP contribution in [0.2, 0.25) is 0 Å². The molecular formula is C13H18N6O2. The lowest BCUT2D eigenvalue weighted by Gasteiger charge is -2.05. The van der Waals surface area contributed by atoms with Crippen molar-refractivity contribution in [2.24, 2.45) is 5.73 Å². The Kier molecular flexibility index (Phi) is 4.36. The van der Waals surface area contributed by atoms with Crippen molar-refractivity contribution in [2.75, 3.05) is 5.32 Å². The van der Waals surface area contributed by atoms with E-state index in [-0.39, 0.29) is 18.0 Å². The molecule has 0 atom stereocenters. The second-order valence-electron chi connectivity index (χ2n) is 4.61. The van der Waals surface area contributed by atoms with E-state index < -0.39 is 5.91 Å². The molecule has 8 nitrogen and oxygen atoms in total. The van der Waals surface area contributed by atoms with Crippen molar-refractivity contribution < 1.29 is 9.59 Å². The maximum absolute atomic E-state index is 11.9. The fraction of sp³-hybridized carbons (Fsp3) is 0.385. The summed E-state index contributed by atoms with van der Waals surface area (Å²) in [6.45, 7) is 4.85. The van der Waals surface area contributed by atoms with Crippen molar-refractivity contribution in [1.82, 2.24) is 19.6 Å². The molecule has 2 rings (SSSR count). The Balaban J connectivity index is 2.01. The van der Waals surface area contributed by atoms with Crippen LogP contribution in [-0.2, 0) is 17.9 Å². The minimum atomic E-state index is -0.666. The number of aromatic nitrogens is 4. The van der Waals surface area contributed by atoms with E-state index in [0.717, 1.165) is 5.69 Å². The van der Waals surface area contributed by atoms with Crippen LogP contribution in [0.5, 0.6) is 0 Å². The van der Waals surface area contributed by atoms with Crippen LogP contribution in [0.15, 0.2) is 18.5 Å². The van der Waals surface area contributed by atoms with Crippen LogP contribution in [0.25, 0.3) is 0 Å². The minimum absolute atomic E-state index is 0.0699. The van der Waals surface area contributed by atoms with Gasteiger partial charge in [-0.3, -0.25) is 19.0 Å². The Morgan fingerprint density at radius 2 is 2.19 bits per heavy atom. The first kappa shape index (κ1) is 14.8. The van der Waals surface area contributed by atoms with Gasteiger partial charge in [0.1, 0.15) is 0 Å². The van der Waals surface area contributed by atoms with Gasteiger partial charge >= 0.3 is 0 Å². The summed E-state index contributed by atoms with van der Waals surface area (Å²) in [5.41, 5.74) is 6.64. The zero-order valence-electron chi connectivity index (χ0n) is 12.0. The molecule has 112 valence electrons. The molecule has 2 heterocycles. The molecule has 0 unspecified atom stereocenters. The maximum Gasteiger partial charge on any atom is 0.271 e. The molecule has 0 saturated heterocycles. The van der Waals surface area contributed by atoms with Crippen LogP contribution < -0.4 is 11.1 Å². The molecule has 0 fully saturated rings. The lowest BCUT2D eigenvalue weighted by Crippen LogP contribution is -2.19. The number of aryl methyl sites for hydroxylation is 3. The molecule has 2 aromatic heterocycles. The van der Waals surface area contributed by atoms with Crippen molar-refractivity contribution in [3.63, 3.8) is 0 Å². The second-order valence-corrected chi connectivity index (χ2v) is 4.61. The minimum Gasteiger partial charge on any atom is -0.364 e. The van der Waals surface area contributed by atoms with Crippen LogP contribution in [-0.4, -0.2) is 31.4 Å². The molecular weight excluding hydrogens is 272 g/mol. The van der Waals surface area contributed by atoms with Gasteiger partial charge in [-0.25, -0.2) is 0 Å². The average Bonchev–Trinajstić information content (AvgIpc) is 3.02. The molecule has 0 aliphatic rings. The van der Waals surface area contributed by atoms with Crippen LogP contribution >= 0.6 is 0 Å². The SMILES string of the molecule is CCn1cc(NC(=O)CCn2nccc2C)c(C(N)=O)n1. The highest BCUT2D eigenvalue weighted by Gasteiger charge is 2.16. The lowest BCUT2D eigenvalue weighted by atomic mass is 10.3. The van der Waals surface area contributed by atoms with Crippen LogP contribution in [0.4, 0.5) is 5.69 Å². The number of hydrogen-bond donors (Lipinski definition) is 2. The molecule has 2 amide bonds. The predicted molar refractivity (Wildman–Crippen MR) is 76.6 cm³/mol. The number of nitrogens with zero attached hydrogens (tertiary/aromatic N) is 4. The normalized spacial score (nSPS) is 10.6. The van der Waals surface area contributed by atoms with E-state index in [9.17, 15) is 9.59 Å². The average molecular weight is 290 g/mol. The molecule has 0 aliphatic carbocycles. The van der Waals surface area contributed by atoms with E-state index in [4.69, 9.17) is 5.73 Å². The van der Waals surface area contributed by atoms with Gasteiger partial charge in [0.25, 0.3) is 5.91 Å². The Labute approximate surface area is 121 Å². The summed E-state index contributed by atoms with van der Waals surface area (Å²) in [6.07, 6.45) is 3.53. The van der Waals surface area contributed by atoms with Crippen molar-refractivity contribution in [3.8, 4) is 0 Å². The molecule has 0 aliphatic heterocycles. The summed E-state index contributed by atoms with van der Waals surface area (Å²) in [4.78, 5) is 23.3. The molecule has 0 bridgehead atoms. The Bertz CT molecular complexity index is 657. The van der Waals surface area contributed by atoms with Gasteiger partial charge in [0.15, 0.2) is 5.69 Å².